The number of carbonyl (C=O) groups excluding carboxylic acids is 1. The second-order valence-corrected chi connectivity index (χ2v) is 5.82. The van der Waals surface area contributed by atoms with E-state index in [0.29, 0.717) is 5.92 Å². The van der Waals surface area contributed by atoms with Crippen molar-refractivity contribution in [2.24, 2.45) is 11.8 Å². The van der Waals surface area contributed by atoms with E-state index in [1.165, 1.54) is 23.6 Å². The molecule has 5 rings (SSSR count). The summed E-state index contributed by atoms with van der Waals surface area (Å²) in [6.45, 7) is 6.18. The number of hydrogen-bond acceptors (Lipinski definition) is 2. The quantitative estimate of drug-likeness (QED) is 0.738. The highest BCUT2D eigenvalue weighted by Crippen LogP contribution is 2.37. The van der Waals surface area contributed by atoms with Gasteiger partial charge in [-0.25, -0.2) is 0 Å². The molecule has 21 heavy (non-hydrogen) atoms. The van der Waals surface area contributed by atoms with E-state index in [0.717, 1.165) is 25.1 Å². The van der Waals surface area contributed by atoms with Crippen molar-refractivity contribution in [1.29, 1.82) is 0 Å². The summed E-state index contributed by atoms with van der Waals surface area (Å²) in [6, 6.07) is 16.7. The van der Waals surface area contributed by atoms with Gasteiger partial charge in [-0.3, -0.25) is 0 Å². The van der Waals surface area contributed by atoms with E-state index in [4.69, 9.17) is 0 Å². The largest absolute Gasteiger partial charge is 0.375 e. The summed E-state index contributed by atoms with van der Waals surface area (Å²) in [6.07, 6.45) is 3.43. The summed E-state index contributed by atoms with van der Waals surface area (Å²) in [4.78, 5) is 12.9. The van der Waals surface area contributed by atoms with Gasteiger partial charge in [-0.2, -0.15) is 0 Å². The van der Waals surface area contributed by atoms with Crippen molar-refractivity contribution in [3.05, 3.63) is 60.8 Å². The van der Waals surface area contributed by atoms with Crippen LogP contribution in [-0.4, -0.2) is 24.3 Å². The van der Waals surface area contributed by atoms with Crippen molar-refractivity contribution < 1.29 is 4.79 Å². The Kier molecular flexibility index (Phi) is 4.05. The van der Waals surface area contributed by atoms with Crippen molar-refractivity contribution in [2.45, 2.75) is 12.8 Å². The first-order chi connectivity index (χ1) is 10.3. The van der Waals surface area contributed by atoms with E-state index in [2.05, 4.69) is 60.0 Å². The van der Waals surface area contributed by atoms with Crippen molar-refractivity contribution in [3.63, 3.8) is 0 Å². The van der Waals surface area contributed by atoms with Gasteiger partial charge in [-0.05, 0) is 29.5 Å². The number of rotatable bonds is 1. The standard InChI is InChI=1S/C10H8.C9H13NO/c1-2-6-10-8-4-3-7-9(10)5-1;1-7-9(6-11)8-2-4-10(7)5-3-8/h1-8H;6,8-9H,1-5H2. The molecule has 0 aliphatic carbocycles. The predicted octanol–water partition coefficient (Wildman–Crippen LogP) is 3.88. The van der Waals surface area contributed by atoms with Crippen LogP contribution in [0.5, 0.6) is 0 Å². The molecule has 3 saturated heterocycles. The Morgan fingerprint density at radius 3 is 1.76 bits per heavy atom. The van der Waals surface area contributed by atoms with Crippen LogP contribution in [0.4, 0.5) is 0 Å². The smallest absolute Gasteiger partial charge is 0.129 e. The van der Waals surface area contributed by atoms with Gasteiger partial charge in [0.15, 0.2) is 0 Å². The molecule has 0 radical (unpaired) electrons. The predicted molar refractivity (Wildman–Crippen MR) is 86.9 cm³/mol. The Labute approximate surface area is 126 Å². The van der Waals surface area contributed by atoms with Crippen LogP contribution in [0.1, 0.15) is 12.8 Å². The van der Waals surface area contributed by atoms with Crippen LogP contribution < -0.4 is 0 Å². The van der Waals surface area contributed by atoms with Crippen LogP contribution in [-0.2, 0) is 4.79 Å². The van der Waals surface area contributed by atoms with E-state index < -0.39 is 0 Å². The van der Waals surface area contributed by atoms with Crippen LogP contribution in [0.3, 0.4) is 0 Å². The summed E-state index contributed by atoms with van der Waals surface area (Å²) < 4.78 is 0. The Morgan fingerprint density at radius 1 is 0.952 bits per heavy atom. The number of fused-ring (bicyclic) bond motifs is 4. The van der Waals surface area contributed by atoms with Gasteiger partial charge < -0.3 is 9.69 Å². The molecule has 0 amide bonds. The lowest BCUT2D eigenvalue weighted by atomic mass is 9.78. The van der Waals surface area contributed by atoms with Crippen molar-refractivity contribution >= 4 is 17.1 Å². The molecule has 0 saturated carbocycles. The van der Waals surface area contributed by atoms with Gasteiger partial charge >= 0.3 is 0 Å². The van der Waals surface area contributed by atoms with E-state index in [-0.39, 0.29) is 5.92 Å². The van der Waals surface area contributed by atoms with Crippen LogP contribution >= 0.6 is 0 Å². The Balaban J connectivity index is 0.000000126. The molecule has 0 aromatic heterocycles. The summed E-state index contributed by atoms with van der Waals surface area (Å²) in [5.41, 5.74) is 1.06. The molecule has 2 nitrogen and oxygen atoms in total. The molecule has 3 aliphatic rings. The topological polar surface area (TPSA) is 20.3 Å². The number of aldehydes is 1. The number of benzene rings is 2. The number of hydrogen-bond donors (Lipinski definition) is 0. The Morgan fingerprint density at radius 2 is 1.43 bits per heavy atom. The molecule has 3 heterocycles. The lowest BCUT2D eigenvalue weighted by molar-refractivity contribution is -0.114. The molecular formula is C19H21NO. The zero-order valence-corrected chi connectivity index (χ0v) is 12.2. The normalized spacial score (nSPS) is 23.6. The van der Waals surface area contributed by atoms with E-state index in [1.54, 1.807) is 0 Å². The molecule has 3 fully saturated rings. The molecule has 2 aromatic rings. The molecule has 3 aliphatic heterocycles. The van der Waals surface area contributed by atoms with Crippen molar-refractivity contribution in [3.8, 4) is 0 Å². The van der Waals surface area contributed by atoms with Crippen LogP contribution in [0, 0.1) is 11.8 Å². The average Bonchev–Trinajstić information content (AvgIpc) is 2.57. The number of carbonyl (C=O) groups is 1. The number of piperidine rings is 3. The zero-order chi connectivity index (χ0) is 14.7. The first-order valence-electron chi connectivity index (χ1n) is 7.62. The fraction of sp³-hybridized carbons (Fsp3) is 0.316. The number of nitrogens with zero attached hydrogens (tertiary/aromatic N) is 1. The van der Waals surface area contributed by atoms with Gasteiger partial charge in [0.1, 0.15) is 6.29 Å². The van der Waals surface area contributed by atoms with E-state index >= 15 is 0 Å². The third-order valence-corrected chi connectivity index (χ3v) is 4.64. The molecule has 108 valence electrons. The summed E-state index contributed by atoms with van der Waals surface area (Å²) >= 11 is 0. The Hall–Kier alpha value is -2.09. The zero-order valence-electron chi connectivity index (χ0n) is 12.2. The van der Waals surface area contributed by atoms with Gasteiger partial charge in [-0.1, -0.05) is 55.1 Å². The van der Waals surface area contributed by atoms with Crippen molar-refractivity contribution in [2.75, 3.05) is 13.1 Å². The average molecular weight is 279 g/mol. The lowest BCUT2D eigenvalue weighted by Crippen LogP contribution is -2.45. The molecule has 0 spiro atoms. The minimum atomic E-state index is 0.137. The maximum atomic E-state index is 10.7. The molecule has 0 N–H and O–H groups in total. The fourth-order valence-electron chi connectivity index (χ4n) is 3.35. The highest BCUT2D eigenvalue weighted by atomic mass is 16.1. The summed E-state index contributed by atoms with van der Waals surface area (Å²) in [5, 5.41) is 2.62. The minimum absolute atomic E-state index is 0.137. The third-order valence-electron chi connectivity index (χ3n) is 4.64. The van der Waals surface area contributed by atoms with E-state index in [1.807, 2.05) is 0 Å². The second-order valence-electron chi connectivity index (χ2n) is 5.82. The van der Waals surface area contributed by atoms with Crippen molar-refractivity contribution in [1.82, 2.24) is 4.90 Å². The van der Waals surface area contributed by atoms with Gasteiger partial charge in [0.05, 0.1) is 5.92 Å². The molecule has 1 unspecified atom stereocenters. The summed E-state index contributed by atoms with van der Waals surface area (Å²) in [5.74, 6) is 0.738. The highest BCUT2D eigenvalue weighted by molar-refractivity contribution is 5.82. The Bertz CT molecular complexity index is 575. The minimum Gasteiger partial charge on any atom is -0.375 e. The van der Waals surface area contributed by atoms with Crippen LogP contribution in [0.15, 0.2) is 60.8 Å². The van der Waals surface area contributed by atoms with Gasteiger partial charge in [0.25, 0.3) is 0 Å². The molecule has 1 atom stereocenters. The second kappa shape index (κ2) is 6.13. The van der Waals surface area contributed by atoms with Crippen LogP contribution in [0.25, 0.3) is 10.8 Å². The molecule has 2 aromatic carbocycles. The summed E-state index contributed by atoms with van der Waals surface area (Å²) in [7, 11) is 0. The van der Waals surface area contributed by atoms with Crippen LogP contribution in [0.2, 0.25) is 0 Å². The lowest BCUT2D eigenvalue weighted by Gasteiger charge is -2.45. The van der Waals surface area contributed by atoms with Gasteiger partial charge in [0.2, 0.25) is 0 Å². The van der Waals surface area contributed by atoms with E-state index in [9.17, 15) is 4.79 Å². The maximum absolute atomic E-state index is 10.7. The number of allylic oxidation sites excluding steroid dienone is 1. The third kappa shape index (κ3) is 2.85. The maximum Gasteiger partial charge on any atom is 0.129 e. The fourth-order valence-corrected chi connectivity index (χ4v) is 3.35. The monoisotopic (exact) mass is 279 g/mol. The first-order valence-corrected chi connectivity index (χ1v) is 7.62. The molecule has 2 heteroatoms. The molecular weight excluding hydrogens is 258 g/mol. The van der Waals surface area contributed by atoms with Gasteiger partial charge in [0, 0.05) is 18.8 Å². The highest BCUT2D eigenvalue weighted by Gasteiger charge is 2.36. The SMILES string of the molecule is C=C1C(C=O)C2CCN1CC2.c1ccc2ccccc2c1. The van der Waals surface area contributed by atoms with Gasteiger partial charge in [-0.15, -0.1) is 0 Å². The molecule has 2 bridgehead atoms. The first kappa shape index (κ1) is 13.9.